The van der Waals surface area contributed by atoms with Gasteiger partial charge >= 0.3 is 0 Å². The number of carbonyl (C=O) groups excluding carboxylic acids is 1. The van der Waals surface area contributed by atoms with E-state index in [0.29, 0.717) is 11.8 Å². The number of rotatable bonds is 3. The third-order valence-corrected chi connectivity index (χ3v) is 5.03. The van der Waals surface area contributed by atoms with Gasteiger partial charge in [0.15, 0.2) is 5.82 Å². The van der Waals surface area contributed by atoms with Gasteiger partial charge < -0.3 is 9.88 Å². The van der Waals surface area contributed by atoms with Crippen molar-refractivity contribution >= 4 is 11.6 Å². The minimum atomic E-state index is -0.894. The molecule has 0 saturated heterocycles. The van der Waals surface area contributed by atoms with Crippen molar-refractivity contribution in [3.63, 3.8) is 0 Å². The number of anilines is 1. The number of nitrogens with zero attached hydrogens (tertiary/aromatic N) is 3. The van der Waals surface area contributed by atoms with Gasteiger partial charge in [-0.15, -0.1) is 10.2 Å². The zero-order valence-electron chi connectivity index (χ0n) is 15.5. The predicted octanol–water partition coefficient (Wildman–Crippen LogP) is 4.51. The molecule has 0 bridgehead atoms. The second-order valence-corrected chi connectivity index (χ2v) is 7.01. The lowest BCUT2D eigenvalue weighted by atomic mass is 10.1. The Morgan fingerprint density at radius 3 is 2.75 bits per heavy atom. The molecule has 0 fully saturated rings. The summed E-state index contributed by atoms with van der Waals surface area (Å²) in [6, 6.07) is 8.53. The molecule has 0 aliphatic carbocycles. The molecule has 144 valence electrons. The lowest BCUT2D eigenvalue weighted by molar-refractivity contribution is 0.102. The van der Waals surface area contributed by atoms with Crippen LogP contribution in [-0.4, -0.2) is 20.7 Å². The summed E-state index contributed by atoms with van der Waals surface area (Å²) < 4.78 is 29.1. The SMILES string of the molecule is Cc1ccc(-c2nnc3n2CCCCC3)cc1NC(=O)c1ccc(F)cc1F. The van der Waals surface area contributed by atoms with Crippen LogP contribution in [0.4, 0.5) is 14.5 Å². The Kier molecular flexibility index (Phi) is 4.90. The van der Waals surface area contributed by atoms with Gasteiger partial charge in [-0.25, -0.2) is 8.78 Å². The molecule has 2 heterocycles. The molecule has 5 nitrogen and oxygen atoms in total. The number of carbonyl (C=O) groups is 1. The van der Waals surface area contributed by atoms with Crippen LogP contribution in [0.15, 0.2) is 36.4 Å². The van der Waals surface area contributed by atoms with Crippen LogP contribution in [-0.2, 0) is 13.0 Å². The molecule has 0 radical (unpaired) electrons. The first-order valence-corrected chi connectivity index (χ1v) is 9.32. The molecule has 1 amide bonds. The van der Waals surface area contributed by atoms with Gasteiger partial charge in [0.1, 0.15) is 17.5 Å². The summed E-state index contributed by atoms with van der Waals surface area (Å²) in [4.78, 5) is 12.5. The summed E-state index contributed by atoms with van der Waals surface area (Å²) in [6.07, 6.45) is 4.27. The van der Waals surface area contributed by atoms with Gasteiger partial charge in [0.2, 0.25) is 0 Å². The van der Waals surface area contributed by atoms with Gasteiger partial charge in [-0.05, 0) is 43.5 Å². The highest BCUT2D eigenvalue weighted by molar-refractivity contribution is 6.05. The maximum atomic E-state index is 13.9. The molecule has 3 aromatic rings. The van der Waals surface area contributed by atoms with Crippen molar-refractivity contribution in [2.24, 2.45) is 0 Å². The second kappa shape index (κ2) is 7.50. The third-order valence-electron chi connectivity index (χ3n) is 5.03. The van der Waals surface area contributed by atoms with Crippen LogP contribution in [0.3, 0.4) is 0 Å². The lowest BCUT2D eigenvalue weighted by Gasteiger charge is -2.12. The molecular weight excluding hydrogens is 362 g/mol. The number of nitrogens with one attached hydrogen (secondary N) is 1. The van der Waals surface area contributed by atoms with Crippen LogP contribution in [0.1, 0.15) is 41.0 Å². The van der Waals surface area contributed by atoms with Crippen LogP contribution in [0.25, 0.3) is 11.4 Å². The van der Waals surface area contributed by atoms with Crippen molar-refractivity contribution in [3.8, 4) is 11.4 Å². The zero-order chi connectivity index (χ0) is 19.7. The highest BCUT2D eigenvalue weighted by Gasteiger charge is 2.18. The summed E-state index contributed by atoms with van der Waals surface area (Å²) >= 11 is 0. The Morgan fingerprint density at radius 1 is 1.07 bits per heavy atom. The Labute approximate surface area is 161 Å². The first kappa shape index (κ1) is 18.3. The predicted molar refractivity (Wildman–Crippen MR) is 102 cm³/mol. The number of fused-ring (bicyclic) bond motifs is 1. The molecule has 0 atom stereocenters. The molecule has 28 heavy (non-hydrogen) atoms. The van der Waals surface area contributed by atoms with E-state index in [-0.39, 0.29) is 5.56 Å². The standard InChI is InChI=1S/C21H20F2N4O/c1-13-6-7-14(20-26-25-19-5-3-2-4-10-27(19)20)11-18(13)24-21(28)16-9-8-15(22)12-17(16)23/h6-9,11-12H,2-5,10H2,1H3,(H,24,28). The topological polar surface area (TPSA) is 59.8 Å². The average Bonchev–Trinajstić information content (AvgIpc) is 2.91. The summed E-state index contributed by atoms with van der Waals surface area (Å²) in [5.74, 6) is -0.501. The summed E-state index contributed by atoms with van der Waals surface area (Å²) in [5, 5.41) is 11.4. The normalized spacial score (nSPS) is 13.7. The smallest absolute Gasteiger partial charge is 0.258 e. The van der Waals surface area contributed by atoms with Gasteiger partial charge in [-0.3, -0.25) is 4.79 Å². The minimum absolute atomic E-state index is 0.206. The van der Waals surface area contributed by atoms with E-state index in [1.807, 2.05) is 25.1 Å². The number of hydrogen-bond donors (Lipinski definition) is 1. The van der Waals surface area contributed by atoms with Crippen molar-refractivity contribution < 1.29 is 13.6 Å². The van der Waals surface area contributed by atoms with Crippen LogP contribution in [0.5, 0.6) is 0 Å². The Hall–Kier alpha value is -3.09. The first-order valence-electron chi connectivity index (χ1n) is 9.32. The Balaban J connectivity index is 1.65. The average molecular weight is 382 g/mol. The van der Waals surface area contributed by atoms with E-state index in [1.54, 1.807) is 0 Å². The number of halogens is 2. The minimum Gasteiger partial charge on any atom is -0.322 e. The quantitative estimate of drug-likeness (QED) is 0.725. The molecule has 0 spiro atoms. The fraction of sp³-hybridized carbons (Fsp3) is 0.286. The molecule has 2 aromatic carbocycles. The van der Waals surface area contributed by atoms with Crippen molar-refractivity contribution in [3.05, 3.63) is 65.0 Å². The lowest BCUT2D eigenvalue weighted by Crippen LogP contribution is -2.15. The number of amides is 1. The van der Waals surface area contributed by atoms with E-state index in [4.69, 9.17) is 0 Å². The maximum absolute atomic E-state index is 13.9. The van der Waals surface area contributed by atoms with E-state index in [1.165, 1.54) is 6.42 Å². The van der Waals surface area contributed by atoms with Gasteiger partial charge in [0, 0.05) is 30.3 Å². The molecule has 4 rings (SSSR count). The summed E-state index contributed by atoms with van der Waals surface area (Å²) in [6.45, 7) is 2.72. The van der Waals surface area contributed by atoms with Gasteiger partial charge in [0.05, 0.1) is 5.56 Å². The summed E-state index contributed by atoms with van der Waals surface area (Å²) in [5.41, 5.74) is 2.01. The molecule has 1 aliphatic heterocycles. The first-order chi connectivity index (χ1) is 13.5. The van der Waals surface area contributed by atoms with Crippen LogP contribution in [0.2, 0.25) is 0 Å². The van der Waals surface area contributed by atoms with Gasteiger partial charge in [-0.1, -0.05) is 18.6 Å². The molecule has 0 unspecified atom stereocenters. The summed E-state index contributed by atoms with van der Waals surface area (Å²) in [7, 11) is 0. The Morgan fingerprint density at radius 2 is 1.93 bits per heavy atom. The molecule has 7 heteroatoms. The van der Waals surface area contributed by atoms with Crippen LogP contribution < -0.4 is 5.32 Å². The van der Waals surface area contributed by atoms with Crippen LogP contribution >= 0.6 is 0 Å². The van der Waals surface area contributed by atoms with Gasteiger partial charge in [-0.2, -0.15) is 0 Å². The van der Waals surface area contributed by atoms with Crippen molar-refractivity contribution in [1.82, 2.24) is 14.8 Å². The van der Waals surface area contributed by atoms with E-state index < -0.39 is 17.5 Å². The third kappa shape index (κ3) is 3.52. The molecule has 1 aliphatic rings. The number of benzene rings is 2. The highest BCUT2D eigenvalue weighted by atomic mass is 19.1. The fourth-order valence-corrected chi connectivity index (χ4v) is 3.46. The number of aromatic nitrogens is 3. The van der Waals surface area contributed by atoms with Crippen molar-refractivity contribution in [2.45, 2.75) is 39.2 Å². The highest BCUT2D eigenvalue weighted by Crippen LogP contribution is 2.27. The fourth-order valence-electron chi connectivity index (χ4n) is 3.46. The van der Waals surface area contributed by atoms with E-state index in [9.17, 15) is 13.6 Å². The maximum Gasteiger partial charge on any atom is 0.258 e. The number of hydrogen-bond acceptors (Lipinski definition) is 3. The zero-order valence-corrected chi connectivity index (χ0v) is 15.5. The molecular formula is C21H20F2N4O. The van der Waals surface area contributed by atoms with Crippen molar-refractivity contribution in [2.75, 3.05) is 5.32 Å². The monoisotopic (exact) mass is 382 g/mol. The molecule has 1 N–H and O–H groups in total. The number of aryl methyl sites for hydroxylation is 2. The second-order valence-electron chi connectivity index (χ2n) is 7.01. The van der Waals surface area contributed by atoms with E-state index in [2.05, 4.69) is 20.1 Å². The van der Waals surface area contributed by atoms with Gasteiger partial charge in [0.25, 0.3) is 5.91 Å². The van der Waals surface area contributed by atoms with Crippen molar-refractivity contribution in [1.29, 1.82) is 0 Å². The largest absolute Gasteiger partial charge is 0.322 e. The Bertz CT molecular complexity index is 1040. The van der Waals surface area contributed by atoms with Crippen LogP contribution in [0, 0.1) is 18.6 Å². The molecule has 1 aromatic heterocycles. The van der Waals surface area contributed by atoms with E-state index >= 15 is 0 Å². The van der Waals surface area contributed by atoms with E-state index in [0.717, 1.165) is 60.7 Å². The molecule has 0 saturated carbocycles.